The summed E-state index contributed by atoms with van der Waals surface area (Å²) in [4.78, 5) is 12.1. The molecule has 0 atom stereocenters. The molecule has 7 heteroatoms. The van der Waals surface area contributed by atoms with Crippen LogP contribution in [0.3, 0.4) is 0 Å². The Morgan fingerprint density at radius 1 is 1.12 bits per heavy atom. The lowest BCUT2D eigenvalue weighted by molar-refractivity contribution is -0.111. The molecule has 26 heavy (non-hydrogen) atoms. The molecule has 0 radical (unpaired) electrons. The first-order valence-electron chi connectivity index (χ1n) is 8.16. The first-order valence-corrected chi connectivity index (χ1v) is 10.1. The molecule has 0 saturated heterocycles. The number of hydrogen-bond acceptors (Lipinski definition) is 4. The van der Waals surface area contributed by atoms with Gasteiger partial charge in [-0.05, 0) is 42.3 Å². The molecule has 6 nitrogen and oxygen atoms in total. The van der Waals surface area contributed by atoms with Crippen LogP contribution in [0.2, 0.25) is 0 Å². The second-order valence-corrected chi connectivity index (χ2v) is 7.41. The van der Waals surface area contributed by atoms with Crippen molar-refractivity contribution in [3.8, 4) is 5.75 Å². The molecule has 0 saturated carbocycles. The van der Waals surface area contributed by atoms with Crippen molar-refractivity contribution in [2.45, 2.75) is 13.3 Å². The van der Waals surface area contributed by atoms with Crippen LogP contribution in [0, 0.1) is 0 Å². The van der Waals surface area contributed by atoms with Gasteiger partial charge in [0.1, 0.15) is 5.75 Å². The summed E-state index contributed by atoms with van der Waals surface area (Å²) < 4.78 is 30.4. The van der Waals surface area contributed by atoms with E-state index in [0.717, 1.165) is 18.2 Å². The Bertz CT molecular complexity index is 875. The van der Waals surface area contributed by atoms with E-state index in [4.69, 9.17) is 4.74 Å². The van der Waals surface area contributed by atoms with Gasteiger partial charge >= 0.3 is 0 Å². The van der Waals surface area contributed by atoms with E-state index in [1.165, 1.54) is 6.08 Å². The molecule has 0 aliphatic carbocycles. The summed E-state index contributed by atoms with van der Waals surface area (Å²) in [5, 5.41) is 2.79. The van der Waals surface area contributed by atoms with Gasteiger partial charge in [-0.2, -0.15) is 0 Å². The van der Waals surface area contributed by atoms with Crippen LogP contribution in [0.4, 0.5) is 11.4 Å². The number of nitrogens with one attached hydrogen (secondary N) is 2. The van der Waals surface area contributed by atoms with E-state index in [9.17, 15) is 13.2 Å². The Kier molecular flexibility index (Phi) is 6.80. The lowest BCUT2D eigenvalue weighted by Crippen LogP contribution is -2.10. The maximum atomic E-state index is 12.1. The number of anilines is 2. The monoisotopic (exact) mass is 374 g/mol. The largest absolute Gasteiger partial charge is 0.491 e. The van der Waals surface area contributed by atoms with Gasteiger partial charge in [0.15, 0.2) is 0 Å². The normalized spacial score (nSPS) is 11.3. The van der Waals surface area contributed by atoms with Gasteiger partial charge in [0.25, 0.3) is 0 Å². The standard InChI is InChI=1S/C19H22N2O4S/c1-3-14-25-18-7-5-4-6-17(18)20-19(22)13-10-15-8-11-16(12-9-15)21-26(2,23)24/h4-13,21H,3,14H2,1-2H3,(H,20,22)/b13-10+. The molecule has 0 aromatic heterocycles. The van der Waals surface area contributed by atoms with E-state index in [0.29, 0.717) is 23.7 Å². The minimum Gasteiger partial charge on any atom is -0.491 e. The van der Waals surface area contributed by atoms with Gasteiger partial charge < -0.3 is 10.1 Å². The zero-order chi connectivity index (χ0) is 19.0. The van der Waals surface area contributed by atoms with Crippen molar-refractivity contribution in [2.75, 3.05) is 22.9 Å². The van der Waals surface area contributed by atoms with Crippen LogP contribution in [-0.4, -0.2) is 27.2 Å². The molecule has 0 bridgehead atoms. The van der Waals surface area contributed by atoms with Crippen LogP contribution in [0.5, 0.6) is 5.75 Å². The zero-order valence-electron chi connectivity index (χ0n) is 14.7. The molecule has 0 fully saturated rings. The van der Waals surface area contributed by atoms with E-state index in [1.54, 1.807) is 36.4 Å². The van der Waals surface area contributed by atoms with Gasteiger partial charge in [-0.15, -0.1) is 0 Å². The van der Waals surface area contributed by atoms with Crippen molar-refractivity contribution >= 4 is 33.4 Å². The van der Waals surface area contributed by atoms with Crippen molar-refractivity contribution in [1.29, 1.82) is 0 Å². The van der Waals surface area contributed by atoms with Crippen LogP contribution in [0.1, 0.15) is 18.9 Å². The highest BCUT2D eigenvalue weighted by Gasteiger charge is 2.05. The van der Waals surface area contributed by atoms with Crippen molar-refractivity contribution in [3.63, 3.8) is 0 Å². The quantitative estimate of drug-likeness (QED) is 0.693. The fraction of sp³-hybridized carbons (Fsp3) is 0.211. The first kappa shape index (κ1) is 19.5. The van der Waals surface area contributed by atoms with Gasteiger partial charge in [0.05, 0.1) is 18.6 Å². The molecule has 0 spiro atoms. The Morgan fingerprint density at radius 3 is 2.46 bits per heavy atom. The van der Waals surface area contributed by atoms with Crippen LogP contribution >= 0.6 is 0 Å². The number of amides is 1. The third-order valence-corrected chi connectivity index (χ3v) is 3.85. The number of para-hydroxylation sites is 2. The molecular formula is C19H22N2O4S. The lowest BCUT2D eigenvalue weighted by atomic mass is 10.2. The van der Waals surface area contributed by atoms with E-state index in [1.807, 2.05) is 25.1 Å². The predicted octanol–water partition coefficient (Wildman–Crippen LogP) is 3.50. The van der Waals surface area contributed by atoms with Gasteiger partial charge in [0.2, 0.25) is 15.9 Å². The van der Waals surface area contributed by atoms with Gasteiger partial charge in [-0.25, -0.2) is 8.42 Å². The molecule has 2 aromatic rings. The van der Waals surface area contributed by atoms with E-state index in [2.05, 4.69) is 10.0 Å². The summed E-state index contributed by atoms with van der Waals surface area (Å²) in [5.74, 6) is 0.350. The third kappa shape index (κ3) is 6.60. The molecule has 2 N–H and O–H groups in total. The minimum atomic E-state index is -3.31. The second-order valence-electron chi connectivity index (χ2n) is 5.66. The highest BCUT2D eigenvalue weighted by molar-refractivity contribution is 7.92. The minimum absolute atomic E-state index is 0.282. The van der Waals surface area contributed by atoms with E-state index >= 15 is 0 Å². The van der Waals surface area contributed by atoms with Crippen molar-refractivity contribution in [1.82, 2.24) is 0 Å². The smallest absolute Gasteiger partial charge is 0.248 e. The van der Waals surface area contributed by atoms with E-state index < -0.39 is 10.0 Å². The summed E-state index contributed by atoms with van der Waals surface area (Å²) in [6.45, 7) is 2.59. The van der Waals surface area contributed by atoms with Crippen LogP contribution in [-0.2, 0) is 14.8 Å². The van der Waals surface area contributed by atoms with Crippen molar-refractivity contribution in [2.24, 2.45) is 0 Å². The van der Waals surface area contributed by atoms with Gasteiger partial charge in [-0.3, -0.25) is 9.52 Å². The molecular weight excluding hydrogens is 352 g/mol. The zero-order valence-corrected chi connectivity index (χ0v) is 15.5. The summed E-state index contributed by atoms with van der Waals surface area (Å²) in [7, 11) is -3.31. The molecule has 0 unspecified atom stereocenters. The number of carbonyl (C=O) groups is 1. The van der Waals surface area contributed by atoms with Crippen molar-refractivity contribution in [3.05, 3.63) is 60.2 Å². The first-order chi connectivity index (χ1) is 12.4. The number of carbonyl (C=O) groups excluding carboxylic acids is 1. The highest BCUT2D eigenvalue weighted by atomic mass is 32.2. The highest BCUT2D eigenvalue weighted by Crippen LogP contribution is 2.24. The maximum absolute atomic E-state index is 12.1. The summed E-state index contributed by atoms with van der Waals surface area (Å²) in [5.41, 5.74) is 1.86. The second kappa shape index (κ2) is 9.05. The molecule has 0 aliphatic rings. The fourth-order valence-corrected chi connectivity index (χ4v) is 2.69. The lowest BCUT2D eigenvalue weighted by Gasteiger charge is -2.10. The van der Waals surface area contributed by atoms with E-state index in [-0.39, 0.29) is 5.91 Å². The Morgan fingerprint density at radius 2 is 1.81 bits per heavy atom. The number of sulfonamides is 1. The number of benzene rings is 2. The number of ether oxygens (including phenoxy) is 1. The molecule has 2 rings (SSSR count). The summed E-state index contributed by atoms with van der Waals surface area (Å²) in [6.07, 6.45) is 5.03. The Balaban J connectivity index is 1.99. The number of hydrogen-bond donors (Lipinski definition) is 2. The topological polar surface area (TPSA) is 84.5 Å². The third-order valence-electron chi connectivity index (χ3n) is 3.25. The molecule has 138 valence electrons. The van der Waals surface area contributed by atoms with Crippen LogP contribution in [0.25, 0.3) is 6.08 Å². The average Bonchev–Trinajstić information content (AvgIpc) is 2.59. The molecule has 1 amide bonds. The summed E-state index contributed by atoms with van der Waals surface area (Å²) in [6, 6.07) is 14.0. The molecule has 2 aromatic carbocycles. The molecule has 0 aliphatic heterocycles. The molecule has 0 heterocycles. The predicted molar refractivity (Wildman–Crippen MR) is 105 cm³/mol. The number of rotatable bonds is 8. The van der Waals surface area contributed by atoms with Crippen molar-refractivity contribution < 1.29 is 17.9 Å². The summed E-state index contributed by atoms with van der Waals surface area (Å²) >= 11 is 0. The SMILES string of the molecule is CCCOc1ccccc1NC(=O)/C=C/c1ccc(NS(C)(=O)=O)cc1. The van der Waals surface area contributed by atoms with Crippen LogP contribution < -0.4 is 14.8 Å². The Hall–Kier alpha value is -2.80. The average molecular weight is 374 g/mol. The maximum Gasteiger partial charge on any atom is 0.248 e. The van der Waals surface area contributed by atoms with Gasteiger partial charge in [-0.1, -0.05) is 31.2 Å². The Labute approximate surface area is 153 Å². The van der Waals surface area contributed by atoms with Gasteiger partial charge in [0, 0.05) is 11.8 Å². The van der Waals surface area contributed by atoms with Crippen LogP contribution in [0.15, 0.2) is 54.6 Å². The fourth-order valence-electron chi connectivity index (χ4n) is 2.13.